The van der Waals surface area contributed by atoms with Gasteiger partial charge in [-0.2, -0.15) is 0 Å². The van der Waals surface area contributed by atoms with E-state index in [-0.39, 0.29) is 43.4 Å². The summed E-state index contributed by atoms with van der Waals surface area (Å²) >= 11 is -0.759. The van der Waals surface area contributed by atoms with Gasteiger partial charge in [-0.25, -0.2) is 0 Å². The van der Waals surface area contributed by atoms with Gasteiger partial charge in [0.05, 0.1) is 0 Å². The Bertz CT molecular complexity index is 556. The van der Waals surface area contributed by atoms with E-state index in [0.29, 0.717) is 13.2 Å². The molecule has 0 bridgehead atoms. The minimum atomic E-state index is -0.759. The molecule has 7 heteroatoms. The third kappa shape index (κ3) is 3.86. The maximum absolute atomic E-state index is 9.02. The Morgan fingerprint density at radius 1 is 0.917 bits per heavy atom. The molecule has 0 radical (unpaired) electrons. The van der Waals surface area contributed by atoms with Crippen molar-refractivity contribution < 1.29 is 67.7 Å². The Morgan fingerprint density at radius 2 is 1.33 bits per heavy atom. The molecule has 0 atom stereocenters. The molecule has 0 aromatic heterocycles. The molecular formula is C17H22Cl2O4Zr. The molecule has 1 heterocycles. The number of aliphatic hydroxyl groups excluding tert-OH is 2. The summed E-state index contributed by atoms with van der Waals surface area (Å²) in [4.78, 5) is 0. The maximum Gasteiger partial charge on any atom is -1.00 e. The van der Waals surface area contributed by atoms with E-state index in [0.717, 1.165) is 24.4 Å². The van der Waals surface area contributed by atoms with Gasteiger partial charge in [0.15, 0.2) is 0 Å². The van der Waals surface area contributed by atoms with Crippen LogP contribution in [0.15, 0.2) is 41.4 Å². The van der Waals surface area contributed by atoms with Crippen LogP contribution in [-0.2, 0) is 32.7 Å². The Balaban J connectivity index is 0.00000144. The maximum atomic E-state index is 9.02. The zero-order chi connectivity index (χ0) is 15.7. The van der Waals surface area contributed by atoms with Crippen LogP contribution in [0.5, 0.6) is 0 Å². The zero-order valence-corrected chi connectivity index (χ0v) is 17.8. The fourth-order valence-corrected chi connectivity index (χ4v) is 8.23. The second kappa shape index (κ2) is 9.05. The van der Waals surface area contributed by atoms with Gasteiger partial charge in [-0.3, -0.25) is 0 Å². The first kappa shape index (κ1) is 22.0. The van der Waals surface area contributed by atoms with Gasteiger partial charge in [0, 0.05) is 0 Å². The van der Waals surface area contributed by atoms with Crippen molar-refractivity contribution in [2.24, 2.45) is 5.41 Å². The van der Waals surface area contributed by atoms with E-state index < -0.39 is 23.2 Å². The van der Waals surface area contributed by atoms with Crippen LogP contribution in [0.1, 0.15) is 26.7 Å². The molecule has 2 N–H and O–H groups in total. The van der Waals surface area contributed by atoms with Crippen molar-refractivity contribution in [3.05, 3.63) is 41.4 Å². The third-order valence-electron chi connectivity index (χ3n) is 4.33. The van der Waals surface area contributed by atoms with Gasteiger partial charge in [0.2, 0.25) is 0 Å². The number of halogens is 2. The predicted octanol–water partition coefficient (Wildman–Crippen LogP) is -3.78. The van der Waals surface area contributed by atoms with Gasteiger partial charge in [-0.05, 0) is 0 Å². The molecule has 4 nitrogen and oxygen atoms in total. The van der Waals surface area contributed by atoms with Crippen molar-refractivity contribution in [3.63, 3.8) is 0 Å². The van der Waals surface area contributed by atoms with Crippen molar-refractivity contribution in [1.82, 2.24) is 0 Å². The smallest absolute Gasteiger partial charge is 1.00 e. The average Bonchev–Trinajstić information content (AvgIpc) is 3.08. The fraction of sp³-hybridized carbons (Fsp3) is 0.529. The van der Waals surface area contributed by atoms with Gasteiger partial charge in [-0.1, -0.05) is 0 Å². The zero-order valence-electron chi connectivity index (χ0n) is 13.9. The van der Waals surface area contributed by atoms with E-state index in [1.807, 2.05) is 0 Å². The molecule has 0 saturated carbocycles. The van der Waals surface area contributed by atoms with Gasteiger partial charge in [0.25, 0.3) is 0 Å². The number of rotatable bonds is 6. The molecule has 132 valence electrons. The van der Waals surface area contributed by atoms with Crippen molar-refractivity contribution in [1.29, 1.82) is 0 Å². The molecule has 0 spiro atoms. The Kier molecular flexibility index (Phi) is 8.29. The second-order valence-electron chi connectivity index (χ2n) is 6.15. The molecule has 0 saturated heterocycles. The van der Waals surface area contributed by atoms with Crippen molar-refractivity contribution in [2.45, 2.75) is 26.7 Å². The van der Waals surface area contributed by atoms with Crippen molar-refractivity contribution in [2.75, 3.05) is 26.4 Å². The first-order valence-corrected chi connectivity index (χ1v) is 10.2. The summed E-state index contributed by atoms with van der Waals surface area (Å²) in [7, 11) is 0. The Morgan fingerprint density at radius 3 is 1.71 bits per heavy atom. The Labute approximate surface area is 167 Å². The molecule has 0 aromatic carbocycles. The number of ether oxygens (including phenoxy) is 2. The summed E-state index contributed by atoms with van der Waals surface area (Å²) in [6.07, 6.45) is 6.36. The van der Waals surface area contributed by atoms with Crippen LogP contribution in [-0.4, -0.2) is 36.6 Å². The first-order chi connectivity index (χ1) is 10.6. The number of aliphatic hydroxyl groups is 2. The number of allylic oxidation sites excluding steroid dienone is 6. The first-order valence-electron chi connectivity index (χ1n) is 7.72. The summed E-state index contributed by atoms with van der Waals surface area (Å²) in [6, 6.07) is 0. The SMILES string of the molecule is CC1(C)C2=[C](CC=C2OCCO)[Zr+2][C]2=C1C(OCCO)=CC2.[Cl-].[Cl-]. The summed E-state index contributed by atoms with van der Waals surface area (Å²) in [6.45, 7) is 5.25. The third-order valence-corrected chi connectivity index (χ3v) is 8.05. The van der Waals surface area contributed by atoms with Crippen LogP contribution in [0.4, 0.5) is 0 Å². The standard InChI is InChI=1S/C17H22O4.2ClH.Zr/c1-17(2,13-5-3-7-15(13)20-11-9-18)14-6-4-8-16(14)21-12-10-19;;;/h7-8,18-19H,3-4,9-12H2,1-2H3;2*1H;/q;;;+2/p-2. The quantitative estimate of drug-likeness (QED) is 0.435. The molecule has 3 aliphatic rings. The average molecular weight is 452 g/mol. The summed E-state index contributed by atoms with van der Waals surface area (Å²) in [5.74, 6) is 1.91. The second-order valence-corrected chi connectivity index (χ2v) is 9.73. The van der Waals surface area contributed by atoms with Gasteiger partial charge in [0.1, 0.15) is 0 Å². The van der Waals surface area contributed by atoms with E-state index >= 15 is 0 Å². The van der Waals surface area contributed by atoms with Crippen LogP contribution in [0.3, 0.4) is 0 Å². The van der Waals surface area contributed by atoms with E-state index in [4.69, 9.17) is 19.7 Å². The molecule has 0 unspecified atom stereocenters. The molecule has 3 rings (SSSR count). The minimum Gasteiger partial charge on any atom is -1.00 e. The molecule has 1 aliphatic heterocycles. The largest absolute Gasteiger partial charge is 1.00 e. The van der Waals surface area contributed by atoms with Crippen LogP contribution in [0, 0.1) is 5.41 Å². The van der Waals surface area contributed by atoms with Gasteiger partial charge < -0.3 is 24.8 Å². The van der Waals surface area contributed by atoms with Gasteiger partial charge >= 0.3 is 143 Å². The van der Waals surface area contributed by atoms with Crippen molar-refractivity contribution >= 4 is 0 Å². The predicted molar refractivity (Wildman–Crippen MR) is 79.3 cm³/mol. The van der Waals surface area contributed by atoms with Crippen LogP contribution in [0.2, 0.25) is 0 Å². The minimum absolute atomic E-state index is 0. The molecule has 2 aliphatic carbocycles. The summed E-state index contributed by atoms with van der Waals surface area (Å²) in [5, 5.41) is 18.0. The molecule has 24 heavy (non-hydrogen) atoms. The fourth-order valence-electron chi connectivity index (χ4n) is 3.57. The van der Waals surface area contributed by atoms with Gasteiger partial charge in [-0.15, -0.1) is 0 Å². The van der Waals surface area contributed by atoms with E-state index in [1.165, 1.54) is 11.1 Å². The normalized spacial score (nSPS) is 19.8. The Hall–Kier alpha value is -0.0569. The molecule has 0 fully saturated rings. The van der Waals surface area contributed by atoms with Crippen LogP contribution < -0.4 is 24.8 Å². The molecule has 0 aromatic rings. The number of hydrogen-bond donors (Lipinski definition) is 2. The van der Waals surface area contributed by atoms with E-state index in [9.17, 15) is 0 Å². The molecule has 0 amide bonds. The summed E-state index contributed by atoms with van der Waals surface area (Å²) in [5.41, 5.74) is 2.53. The van der Waals surface area contributed by atoms with Crippen LogP contribution in [0.25, 0.3) is 0 Å². The molecular weight excluding hydrogens is 430 g/mol. The number of hydrogen-bond acceptors (Lipinski definition) is 4. The van der Waals surface area contributed by atoms with E-state index in [2.05, 4.69) is 26.0 Å². The topological polar surface area (TPSA) is 58.9 Å². The van der Waals surface area contributed by atoms with E-state index in [1.54, 1.807) is 6.56 Å². The van der Waals surface area contributed by atoms with Crippen LogP contribution >= 0.6 is 0 Å². The summed E-state index contributed by atoms with van der Waals surface area (Å²) < 4.78 is 14.7. The monoisotopic (exact) mass is 450 g/mol. The van der Waals surface area contributed by atoms with Crippen molar-refractivity contribution in [3.8, 4) is 0 Å².